The average Bonchev–Trinajstić information content (AvgIpc) is 2.72. The van der Waals surface area contributed by atoms with Gasteiger partial charge in [-0.25, -0.2) is 0 Å². The summed E-state index contributed by atoms with van der Waals surface area (Å²) >= 11 is 7.66. The molecule has 0 amide bonds. The van der Waals surface area contributed by atoms with Gasteiger partial charge in [-0.3, -0.25) is 0 Å². The van der Waals surface area contributed by atoms with Gasteiger partial charge in [-0.1, -0.05) is 43.4 Å². The van der Waals surface area contributed by atoms with Crippen LogP contribution in [-0.2, 0) is 4.74 Å². The summed E-state index contributed by atoms with van der Waals surface area (Å²) in [4.78, 5) is 1.10. The van der Waals surface area contributed by atoms with Gasteiger partial charge in [-0.2, -0.15) is 0 Å². The van der Waals surface area contributed by atoms with Crippen LogP contribution in [0, 0.1) is 0 Å². The fourth-order valence-corrected chi connectivity index (χ4v) is 4.37. The van der Waals surface area contributed by atoms with Crippen LogP contribution < -0.4 is 0 Å². The molecule has 1 unspecified atom stereocenters. The quantitative estimate of drug-likeness (QED) is 0.593. The number of aliphatic hydroxyl groups excluding tert-OH is 1. The second kappa shape index (κ2) is 8.42. The summed E-state index contributed by atoms with van der Waals surface area (Å²) in [5, 5.41) is 11.5. The number of rotatable bonds is 6. The van der Waals surface area contributed by atoms with Gasteiger partial charge in [0.15, 0.2) is 0 Å². The largest absolute Gasteiger partial charge is 0.389 e. The SMILES string of the molecule is CCOC1(C(O)CSc2cccc(Cl)c2)CCCCCC1. The van der Waals surface area contributed by atoms with Crippen molar-refractivity contribution in [3.8, 4) is 0 Å². The lowest BCUT2D eigenvalue weighted by Crippen LogP contribution is -2.46. The first-order chi connectivity index (χ1) is 10.2. The third kappa shape index (κ3) is 4.88. The molecule has 1 aliphatic rings. The van der Waals surface area contributed by atoms with E-state index in [1.54, 1.807) is 11.8 Å². The molecule has 1 saturated carbocycles. The lowest BCUT2D eigenvalue weighted by molar-refractivity contribution is -0.120. The van der Waals surface area contributed by atoms with E-state index >= 15 is 0 Å². The van der Waals surface area contributed by atoms with Crippen molar-refractivity contribution in [2.75, 3.05) is 12.4 Å². The molecule has 118 valence electrons. The number of hydrogen-bond donors (Lipinski definition) is 1. The summed E-state index contributed by atoms with van der Waals surface area (Å²) < 4.78 is 6.03. The predicted octanol–water partition coefficient (Wildman–Crippen LogP) is 4.92. The second-order valence-corrected chi connectivity index (χ2v) is 7.23. The topological polar surface area (TPSA) is 29.5 Å². The van der Waals surface area contributed by atoms with Crippen molar-refractivity contribution in [1.29, 1.82) is 0 Å². The fourth-order valence-electron chi connectivity index (χ4n) is 3.07. The third-order valence-electron chi connectivity index (χ3n) is 4.19. The van der Waals surface area contributed by atoms with Crippen LogP contribution in [0.4, 0.5) is 0 Å². The normalized spacial score (nSPS) is 20.0. The van der Waals surface area contributed by atoms with Crippen molar-refractivity contribution in [3.63, 3.8) is 0 Å². The average molecular weight is 329 g/mol. The smallest absolute Gasteiger partial charge is 0.0948 e. The molecule has 0 aliphatic heterocycles. The van der Waals surface area contributed by atoms with Gasteiger partial charge in [-0.05, 0) is 38.0 Å². The summed E-state index contributed by atoms with van der Waals surface area (Å²) in [6.45, 7) is 2.68. The number of ether oxygens (including phenoxy) is 1. The molecule has 0 saturated heterocycles. The molecule has 0 radical (unpaired) electrons. The maximum atomic E-state index is 10.7. The van der Waals surface area contributed by atoms with Gasteiger partial charge >= 0.3 is 0 Å². The van der Waals surface area contributed by atoms with Crippen LogP contribution >= 0.6 is 23.4 Å². The Balaban J connectivity index is 1.99. The van der Waals surface area contributed by atoms with Crippen LogP contribution in [0.25, 0.3) is 0 Å². The van der Waals surface area contributed by atoms with E-state index < -0.39 is 6.10 Å². The van der Waals surface area contributed by atoms with Gasteiger partial charge in [0.1, 0.15) is 0 Å². The van der Waals surface area contributed by atoms with E-state index in [0.717, 1.165) is 35.6 Å². The molecule has 2 nitrogen and oxygen atoms in total. The first-order valence-electron chi connectivity index (χ1n) is 7.87. The lowest BCUT2D eigenvalue weighted by Gasteiger charge is -2.37. The molecule has 2 rings (SSSR count). The van der Waals surface area contributed by atoms with Crippen LogP contribution in [0.2, 0.25) is 5.02 Å². The number of aliphatic hydroxyl groups is 1. The minimum absolute atomic E-state index is 0.350. The fraction of sp³-hybridized carbons (Fsp3) is 0.647. The summed E-state index contributed by atoms with van der Waals surface area (Å²) in [6, 6.07) is 7.79. The maximum Gasteiger partial charge on any atom is 0.0948 e. The Morgan fingerprint density at radius 3 is 2.62 bits per heavy atom. The molecular formula is C17H25ClO2S. The van der Waals surface area contributed by atoms with Crippen molar-refractivity contribution >= 4 is 23.4 Å². The lowest BCUT2D eigenvalue weighted by atomic mass is 9.89. The standard InChI is InChI=1S/C17H25ClO2S/c1-2-20-17(10-5-3-4-6-11-17)16(19)13-21-15-9-7-8-14(18)12-15/h7-9,12,16,19H,2-6,10-11,13H2,1H3. The molecule has 1 aromatic rings. The predicted molar refractivity (Wildman–Crippen MR) is 90.2 cm³/mol. The van der Waals surface area contributed by atoms with Crippen LogP contribution in [0.5, 0.6) is 0 Å². The number of benzene rings is 1. The Bertz CT molecular complexity index is 431. The van der Waals surface area contributed by atoms with E-state index in [1.807, 2.05) is 31.2 Å². The van der Waals surface area contributed by atoms with Crippen molar-refractivity contribution < 1.29 is 9.84 Å². The highest BCUT2D eigenvalue weighted by molar-refractivity contribution is 7.99. The van der Waals surface area contributed by atoms with Gasteiger partial charge in [0.25, 0.3) is 0 Å². The Kier molecular flexibility index (Phi) is 6.87. The first kappa shape index (κ1) is 17.1. The van der Waals surface area contributed by atoms with Gasteiger partial charge in [-0.15, -0.1) is 11.8 Å². The zero-order valence-electron chi connectivity index (χ0n) is 12.7. The molecule has 1 atom stereocenters. The van der Waals surface area contributed by atoms with Crippen molar-refractivity contribution in [3.05, 3.63) is 29.3 Å². The monoisotopic (exact) mass is 328 g/mol. The van der Waals surface area contributed by atoms with Crippen LogP contribution in [0.1, 0.15) is 45.4 Å². The molecule has 4 heteroatoms. The molecular weight excluding hydrogens is 304 g/mol. The van der Waals surface area contributed by atoms with E-state index in [4.69, 9.17) is 16.3 Å². The third-order valence-corrected chi connectivity index (χ3v) is 5.50. The van der Waals surface area contributed by atoms with Gasteiger partial charge in [0.05, 0.1) is 11.7 Å². The highest BCUT2D eigenvalue weighted by Gasteiger charge is 2.38. The van der Waals surface area contributed by atoms with E-state index in [9.17, 15) is 5.11 Å². The maximum absolute atomic E-state index is 10.7. The van der Waals surface area contributed by atoms with E-state index in [-0.39, 0.29) is 5.60 Å². The van der Waals surface area contributed by atoms with Gasteiger partial charge in [0.2, 0.25) is 0 Å². The van der Waals surface area contributed by atoms with Crippen molar-refractivity contribution in [2.24, 2.45) is 0 Å². The zero-order valence-corrected chi connectivity index (χ0v) is 14.3. The molecule has 1 N–H and O–H groups in total. The van der Waals surface area contributed by atoms with Crippen LogP contribution in [0.15, 0.2) is 29.2 Å². The molecule has 0 spiro atoms. The van der Waals surface area contributed by atoms with E-state index in [1.165, 1.54) is 12.8 Å². The molecule has 0 bridgehead atoms. The zero-order chi connectivity index (χ0) is 15.1. The molecule has 1 aliphatic carbocycles. The molecule has 1 aromatic carbocycles. The molecule has 21 heavy (non-hydrogen) atoms. The van der Waals surface area contributed by atoms with Crippen LogP contribution in [-0.4, -0.2) is 29.2 Å². The summed E-state index contributed by atoms with van der Waals surface area (Å²) in [7, 11) is 0. The minimum atomic E-state index is -0.431. The highest BCUT2D eigenvalue weighted by Crippen LogP contribution is 2.36. The number of halogens is 1. The van der Waals surface area contributed by atoms with Crippen molar-refractivity contribution in [2.45, 2.75) is 62.0 Å². The molecule has 0 heterocycles. The Morgan fingerprint density at radius 2 is 2.00 bits per heavy atom. The Hall–Kier alpha value is -0.220. The molecule has 0 aromatic heterocycles. The molecule has 1 fully saturated rings. The Labute approximate surface area is 137 Å². The van der Waals surface area contributed by atoms with Gasteiger partial charge in [0, 0.05) is 22.3 Å². The summed E-state index contributed by atoms with van der Waals surface area (Å²) in [6.07, 6.45) is 6.32. The Morgan fingerprint density at radius 1 is 1.29 bits per heavy atom. The summed E-state index contributed by atoms with van der Waals surface area (Å²) in [5.41, 5.74) is -0.350. The van der Waals surface area contributed by atoms with E-state index in [2.05, 4.69) is 0 Å². The number of hydrogen-bond acceptors (Lipinski definition) is 3. The highest BCUT2D eigenvalue weighted by atomic mass is 35.5. The first-order valence-corrected chi connectivity index (χ1v) is 9.23. The number of thioether (sulfide) groups is 1. The minimum Gasteiger partial charge on any atom is -0.389 e. The van der Waals surface area contributed by atoms with Gasteiger partial charge < -0.3 is 9.84 Å². The van der Waals surface area contributed by atoms with Crippen molar-refractivity contribution in [1.82, 2.24) is 0 Å². The van der Waals surface area contributed by atoms with E-state index in [0.29, 0.717) is 12.4 Å². The summed E-state index contributed by atoms with van der Waals surface area (Å²) in [5.74, 6) is 0.653. The van der Waals surface area contributed by atoms with Crippen LogP contribution in [0.3, 0.4) is 0 Å². The second-order valence-electron chi connectivity index (χ2n) is 5.70.